The SMILES string of the molecule is FC(F)(F)C1CCCCC1c1noc(C2CC2)c1CCl. The third-order valence-electron chi connectivity index (χ3n) is 4.47. The molecule has 2 unspecified atom stereocenters. The van der Waals surface area contributed by atoms with Crippen LogP contribution in [0, 0.1) is 5.92 Å². The molecule has 0 N–H and O–H groups in total. The summed E-state index contributed by atoms with van der Waals surface area (Å²) in [5.41, 5.74) is 1.18. The van der Waals surface area contributed by atoms with E-state index in [0.29, 0.717) is 24.5 Å². The fraction of sp³-hybridized carbons (Fsp3) is 0.786. The molecule has 6 heteroatoms. The lowest BCUT2D eigenvalue weighted by molar-refractivity contribution is -0.187. The summed E-state index contributed by atoms with van der Waals surface area (Å²) >= 11 is 5.95. The Balaban J connectivity index is 1.93. The van der Waals surface area contributed by atoms with Gasteiger partial charge in [-0.15, -0.1) is 11.6 Å². The van der Waals surface area contributed by atoms with Gasteiger partial charge < -0.3 is 4.52 Å². The molecule has 2 atom stereocenters. The molecule has 0 bridgehead atoms. The Labute approximate surface area is 120 Å². The van der Waals surface area contributed by atoms with Crippen molar-refractivity contribution in [2.45, 2.75) is 62.4 Å². The molecular formula is C14H17ClF3NO. The van der Waals surface area contributed by atoms with Crippen LogP contribution in [-0.4, -0.2) is 11.3 Å². The van der Waals surface area contributed by atoms with Gasteiger partial charge in [0.05, 0.1) is 17.5 Å². The van der Waals surface area contributed by atoms with Gasteiger partial charge in [-0.2, -0.15) is 13.2 Å². The molecule has 0 saturated heterocycles. The van der Waals surface area contributed by atoms with Crippen molar-refractivity contribution >= 4 is 11.6 Å². The van der Waals surface area contributed by atoms with Crippen molar-refractivity contribution in [1.29, 1.82) is 0 Å². The van der Waals surface area contributed by atoms with Gasteiger partial charge in [-0.1, -0.05) is 18.0 Å². The summed E-state index contributed by atoms with van der Waals surface area (Å²) in [6.45, 7) is 0. The number of alkyl halides is 4. The molecule has 1 aromatic heterocycles. The summed E-state index contributed by atoms with van der Waals surface area (Å²) in [5.74, 6) is -0.672. The van der Waals surface area contributed by atoms with Gasteiger partial charge in [0.15, 0.2) is 0 Å². The van der Waals surface area contributed by atoms with Crippen LogP contribution in [0.3, 0.4) is 0 Å². The van der Waals surface area contributed by atoms with Gasteiger partial charge in [-0.25, -0.2) is 0 Å². The Kier molecular flexibility index (Phi) is 3.73. The smallest absolute Gasteiger partial charge is 0.360 e. The van der Waals surface area contributed by atoms with Crippen molar-refractivity contribution in [3.8, 4) is 0 Å². The van der Waals surface area contributed by atoms with Gasteiger partial charge in [0, 0.05) is 17.4 Å². The quantitative estimate of drug-likeness (QED) is 0.724. The van der Waals surface area contributed by atoms with Gasteiger partial charge in [-0.3, -0.25) is 0 Å². The minimum absolute atomic E-state index is 0.182. The van der Waals surface area contributed by atoms with Crippen molar-refractivity contribution in [3.63, 3.8) is 0 Å². The predicted octanol–water partition coefficient (Wildman–Crippen LogP) is 5.13. The molecule has 0 spiro atoms. The fourth-order valence-corrected chi connectivity index (χ4v) is 3.55. The first-order chi connectivity index (χ1) is 9.52. The molecule has 0 radical (unpaired) electrons. The molecule has 20 heavy (non-hydrogen) atoms. The lowest BCUT2D eigenvalue weighted by Gasteiger charge is -2.32. The maximum absolute atomic E-state index is 13.2. The number of hydrogen-bond acceptors (Lipinski definition) is 2. The molecule has 112 valence electrons. The molecule has 3 rings (SSSR count). The first-order valence-corrected chi connectivity index (χ1v) is 7.66. The van der Waals surface area contributed by atoms with Crippen LogP contribution < -0.4 is 0 Å². The molecule has 2 fully saturated rings. The van der Waals surface area contributed by atoms with Crippen LogP contribution in [-0.2, 0) is 5.88 Å². The minimum atomic E-state index is -4.17. The Morgan fingerprint density at radius 2 is 1.85 bits per heavy atom. The van der Waals surface area contributed by atoms with E-state index in [9.17, 15) is 13.2 Å². The second-order valence-electron chi connectivity index (χ2n) is 5.86. The lowest BCUT2D eigenvalue weighted by Crippen LogP contribution is -2.32. The average Bonchev–Trinajstić information content (AvgIpc) is 3.17. The van der Waals surface area contributed by atoms with E-state index in [1.807, 2.05) is 0 Å². The summed E-state index contributed by atoms with van der Waals surface area (Å²) in [6, 6.07) is 0. The van der Waals surface area contributed by atoms with Crippen LogP contribution in [0.25, 0.3) is 0 Å². The summed E-state index contributed by atoms with van der Waals surface area (Å²) in [6.07, 6.45) is 0.00612. The van der Waals surface area contributed by atoms with E-state index in [2.05, 4.69) is 5.16 Å². The van der Waals surface area contributed by atoms with E-state index >= 15 is 0 Å². The zero-order chi connectivity index (χ0) is 14.3. The van der Waals surface area contributed by atoms with E-state index in [4.69, 9.17) is 16.1 Å². The van der Waals surface area contributed by atoms with Gasteiger partial charge in [0.2, 0.25) is 0 Å². The van der Waals surface area contributed by atoms with Gasteiger partial charge in [-0.05, 0) is 25.7 Å². The Bertz CT molecular complexity index is 481. The topological polar surface area (TPSA) is 26.0 Å². The maximum atomic E-state index is 13.2. The second-order valence-corrected chi connectivity index (χ2v) is 6.12. The number of halogens is 4. The zero-order valence-electron chi connectivity index (χ0n) is 11.0. The largest absolute Gasteiger partial charge is 0.392 e. The van der Waals surface area contributed by atoms with E-state index in [-0.39, 0.29) is 12.3 Å². The van der Waals surface area contributed by atoms with Gasteiger partial charge in [0.1, 0.15) is 5.76 Å². The molecule has 0 aliphatic heterocycles. The second kappa shape index (κ2) is 5.24. The van der Waals surface area contributed by atoms with Crippen molar-refractivity contribution in [1.82, 2.24) is 5.16 Å². The molecule has 2 nitrogen and oxygen atoms in total. The number of rotatable bonds is 3. The molecule has 2 saturated carbocycles. The predicted molar refractivity (Wildman–Crippen MR) is 68.8 cm³/mol. The summed E-state index contributed by atoms with van der Waals surface area (Å²) in [4.78, 5) is 0. The van der Waals surface area contributed by atoms with Crippen molar-refractivity contribution < 1.29 is 17.7 Å². The van der Waals surface area contributed by atoms with Crippen LogP contribution >= 0.6 is 11.6 Å². The van der Waals surface area contributed by atoms with Crippen LogP contribution in [0.5, 0.6) is 0 Å². The van der Waals surface area contributed by atoms with Crippen molar-refractivity contribution in [3.05, 3.63) is 17.0 Å². The highest BCUT2D eigenvalue weighted by Crippen LogP contribution is 2.49. The van der Waals surface area contributed by atoms with Crippen molar-refractivity contribution in [2.24, 2.45) is 5.92 Å². The average molecular weight is 308 g/mol. The molecule has 1 heterocycles. The molecule has 0 aromatic carbocycles. The third-order valence-corrected chi connectivity index (χ3v) is 4.74. The molecule has 1 aromatic rings. The Hall–Kier alpha value is -0.710. The number of aromatic nitrogens is 1. The number of hydrogen-bond donors (Lipinski definition) is 0. The highest BCUT2D eigenvalue weighted by atomic mass is 35.5. The molecular weight excluding hydrogens is 291 g/mol. The highest BCUT2D eigenvalue weighted by molar-refractivity contribution is 6.17. The fourth-order valence-electron chi connectivity index (χ4n) is 3.28. The van der Waals surface area contributed by atoms with Gasteiger partial charge in [0.25, 0.3) is 0 Å². The minimum Gasteiger partial charge on any atom is -0.360 e. The van der Waals surface area contributed by atoms with Crippen LogP contribution in [0.2, 0.25) is 0 Å². The third kappa shape index (κ3) is 2.57. The lowest BCUT2D eigenvalue weighted by atomic mass is 9.76. The Morgan fingerprint density at radius 3 is 2.45 bits per heavy atom. The summed E-state index contributed by atoms with van der Waals surface area (Å²) < 4.78 is 44.9. The first kappa shape index (κ1) is 14.2. The zero-order valence-corrected chi connectivity index (χ0v) is 11.8. The standard InChI is InChI=1S/C14H17ClF3NO/c15-7-10-12(19-20-13(10)8-5-6-8)9-3-1-2-4-11(9)14(16,17)18/h8-9,11H,1-7H2. The summed E-state index contributed by atoms with van der Waals surface area (Å²) in [5, 5.41) is 3.98. The van der Waals surface area contributed by atoms with Crippen LogP contribution in [0.4, 0.5) is 13.2 Å². The maximum Gasteiger partial charge on any atom is 0.392 e. The van der Waals surface area contributed by atoms with E-state index in [1.165, 1.54) is 0 Å². The monoisotopic (exact) mass is 307 g/mol. The highest BCUT2D eigenvalue weighted by Gasteiger charge is 2.48. The first-order valence-electron chi connectivity index (χ1n) is 7.13. The van der Waals surface area contributed by atoms with E-state index < -0.39 is 18.0 Å². The molecule has 2 aliphatic carbocycles. The van der Waals surface area contributed by atoms with Gasteiger partial charge >= 0.3 is 6.18 Å². The van der Waals surface area contributed by atoms with E-state index in [1.54, 1.807) is 0 Å². The van der Waals surface area contributed by atoms with Crippen molar-refractivity contribution in [2.75, 3.05) is 0 Å². The number of nitrogens with zero attached hydrogens (tertiary/aromatic N) is 1. The van der Waals surface area contributed by atoms with E-state index in [0.717, 1.165) is 30.6 Å². The van der Waals surface area contributed by atoms with Crippen LogP contribution in [0.15, 0.2) is 4.52 Å². The molecule has 0 amide bonds. The summed E-state index contributed by atoms with van der Waals surface area (Å²) in [7, 11) is 0. The van der Waals surface area contributed by atoms with Crippen LogP contribution in [0.1, 0.15) is 67.4 Å². The normalized spacial score (nSPS) is 27.8. The Morgan fingerprint density at radius 1 is 1.15 bits per heavy atom. The molecule has 2 aliphatic rings.